The molecule has 3 heterocycles. The minimum Gasteiger partial charge on any atom is -0.497 e. The van der Waals surface area contributed by atoms with Crippen molar-refractivity contribution in [3.8, 4) is 28.3 Å². The van der Waals surface area contributed by atoms with Crippen LogP contribution >= 0.6 is 0 Å². The number of nitrogens with zero attached hydrogens (tertiary/aromatic N) is 4. The minimum absolute atomic E-state index is 0.212. The molecule has 1 fully saturated rings. The molecule has 1 aliphatic heterocycles. The SMILES string of the molecule is COc1cccc(-c2cnc(-c3ccncc3)nc2C2CCN(C(=O)C(C)(C)C)CC2)c1. The van der Waals surface area contributed by atoms with E-state index in [2.05, 4.69) is 16.0 Å². The average Bonchev–Trinajstić information content (AvgIpc) is 2.83. The van der Waals surface area contributed by atoms with Gasteiger partial charge in [0.05, 0.1) is 12.8 Å². The maximum atomic E-state index is 12.7. The number of carbonyl (C=O) groups excluding carboxylic acids is 1. The number of carbonyl (C=O) groups is 1. The van der Waals surface area contributed by atoms with Gasteiger partial charge in [-0.15, -0.1) is 0 Å². The van der Waals surface area contributed by atoms with Crippen LogP contribution in [-0.2, 0) is 4.79 Å². The van der Waals surface area contributed by atoms with E-state index in [-0.39, 0.29) is 17.2 Å². The third-order valence-corrected chi connectivity index (χ3v) is 5.95. The van der Waals surface area contributed by atoms with Crippen molar-refractivity contribution in [2.75, 3.05) is 20.2 Å². The fourth-order valence-electron chi connectivity index (χ4n) is 4.19. The Hall–Kier alpha value is -3.28. The van der Waals surface area contributed by atoms with E-state index >= 15 is 0 Å². The zero-order chi connectivity index (χ0) is 22.7. The summed E-state index contributed by atoms with van der Waals surface area (Å²) in [5, 5.41) is 0. The van der Waals surface area contributed by atoms with E-state index in [1.165, 1.54) is 0 Å². The zero-order valence-corrected chi connectivity index (χ0v) is 19.2. The predicted octanol–water partition coefficient (Wildman–Crippen LogP) is 4.97. The third kappa shape index (κ3) is 4.64. The van der Waals surface area contributed by atoms with Gasteiger partial charge in [-0.1, -0.05) is 32.9 Å². The molecule has 0 N–H and O–H groups in total. The van der Waals surface area contributed by atoms with Crippen LogP contribution in [0.4, 0.5) is 0 Å². The van der Waals surface area contributed by atoms with Crippen molar-refractivity contribution in [3.63, 3.8) is 0 Å². The molecule has 0 radical (unpaired) electrons. The first-order chi connectivity index (χ1) is 15.4. The molecule has 32 heavy (non-hydrogen) atoms. The molecular formula is C26H30N4O2. The molecular weight excluding hydrogens is 400 g/mol. The fraction of sp³-hybridized carbons (Fsp3) is 0.385. The predicted molar refractivity (Wildman–Crippen MR) is 125 cm³/mol. The summed E-state index contributed by atoms with van der Waals surface area (Å²) in [4.78, 5) is 28.5. The number of rotatable bonds is 4. The number of benzene rings is 1. The summed E-state index contributed by atoms with van der Waals surface area (Å²) >= 11 is 0. The third-order valence-electron chi connectivity index (χ3n) is 5.95. The first kappa shape index (κ1) is 21.9. The largest absolute Gasteiger partial charge is 0.497 e. The van der Waals surface area contributed by atoms with Gasteiger partial charge in [0.2, 0.25) is 5.91 Å². The summed E-state index contributed by atoms with van der Waals surface area (Å²) in [6, 6.07) is 11.9. The van der Waals surface area contributed by atoms with Crippen LogP contribution in [0.1, 0.15) is 45.2 Å². The van der Waals surface area contributed by atoms with E-state index < -0.39 is 0 Å². The lowest BCUT2D eigenvalue weighted by molar-refractivity contribution is -0.140. The lowest BCUT2D eigenvalue weighted by Gasteiger charge is -2.36. The van der Waals surface area contributed by atoms with Crippen LogP contribution in [0.5, 0.6) is 5.75 Å². The maximum Gasteiger partial charge on any atom is 0.227 e. The van der Waals surface area contributed by atoms with Crippen molar-refractivity contribution in [2.45, 2.75) is 39.5 Å². The van der Waals surface area contributed by atoms with Gasteiger partial charge in [0, 0.05) is 54.1 Å². The molecule has 0 unspecified atom stereocenters. The standard InChI is InChI=1S/C26H30N4O2/c1-26(2,3)25(31)30-14-10-18(11-15-30)23-22(20-6-5-7-21(16-20)32-4)17-28-24(29-23)19-8-12-27-13-9-19/h5-9,12-13,16-18H,10-11,14-15H2,1-4H3. The number of aromatic nitrogens is 3. The molecule has 1 amide bonds. The number of likely N-dealkylation sites (tertiary alicyclic amines) is 1. The van der Waals surface area contributed by atoms with E-state index in [0.29, 0.717) is 5.82 Å². The lowest BCUT2D eigenvalue weighted by Crippen LogP contribution is -2.43. The van der Waals surface area contributed by atoms with Crippen LogP contribution in [0.15, 0.2) is 55.0 Å². The van der Waals surface area contributed by atoms with Crippen LogP contribution in [-0.4, -0.2) is 46.0 Å². The molecule has 0 bridgehead atoms. The monoisotopic (exact) mass is 430 g/mol. The smallest absolute Gasteiger partial charge is 0.227 e. The van der Waals surface area contributed by atoms with Gasteiger partial charge >= 0.3 is 0 Å². The molecule has 6 heteroatoms. The van der Waals surface area contributed by atoms with Crippen molar-refractivity contribution in [1.29, 1.82) is 0 Å². The summed E-state index contributed by atoms with van der Waals surface area (Å²) in [6.45, 7) is 7.43. The zero-order valence-electron chi connectivity index (χ0n) is 19.2. The summed E-state index contributed by atoms with van der Waals surface area (Å²) in [6.07, 6.45) is 7.19. The van der Waals surface area contributed by atoms with Crippen LogP contribution in [0.25, 0.3) is 22.5 Å². The van der Waals surface area contributed by atoms with Crippen molar-refractivity contribution >= 4 is 5.91 Å². The van der Waals surface area contributed by atoms with Crippen LogP contribution in [0.2, 0.25) is 0 Å². The summed E-state index contributed by atoms with van der Waals surface area (Å²) in [7, 11) is 1.67. The number of hydrogen-bond acceptors (Lipinski definition) is 5. The van der Waals surface area contributed by atoms with Crippen LogP contribution in [0.3, 0.4) is 0 Å². The van der Waals surface area contributed by atoms with Gasteiger partial charge in [-0.3, -0.25) is 9.78 Å². The van der Waals surface area contributed by atoms with Crippen molar-refractivity contribution in [1.82, 2.24) is 19.9 Å². The molecule has 4 rings (SSSR count). The van der Waals surface area contributed by atoms with Gasteiger partial charge in [-0.2, -0.15) is 0 Å². The molecule has 0 aliphatic carbocycles. The van der Waals surface area contributed by atoms with E-state index in [0.717, 1.165) is 54.1 Å². The molecule has 1 aromatic carbocycles. The van der Waals surface area contributed by atoms with Crippen LogP contribution < -0.4 is 4.74 Å². The normalized spacial score (nSPS) is 14.9. The number of hydrogen-bond donors (Lipinski definition) is 0. The van der Waals surface area contributed by atoms with E-state index in [9.17, 15) is 4.79 Å². The topological polar surface area (TPSA) is 68.2 Å². The number of pyridine rings is 1. The number of amides is 1. The highest BCUT2D eigenvalue weighted by atomic mass is 16.5. The first-order valence-electron chi connectivity index (χ1n) is 11.1. The van der Waals surface area contributed by atoms with E-state index in [4.69, 9.17) is 9.72 Å². The maximum absolute atomic E-state index is 12.7. The molecule has 1 saturated heterocycles. The highest BCUT2D eigenvalue weighted by Crippen LogP contribution is 2.36. The number of piperidine rings is 1. The Balaban J connectivity index is 1.69. The lowest BCUT2D eigenvalue weighted by atomic mass is 9.87. The molecule has 6 nitrogen and oxygen atoms in total. The molecule has 166 valence electrons. The second-order valence-corrected chi connectivity index (χ2v) is 9.28. The Morgan fingerprint density at radius 2 is 1.78 bits per heavy atom. The molecule has 0 saturated carbocycles. The van der Waals surface area contributed by atoms with Gasteiger partial charge in [0.25, 0.3) is 0 Å². The first-order valence-corrected chi connectivity index (χ1v) is 11.1. The Kier molecular flexibility index (Phi) is 6.21. The number of ether oxygens (including phenoxy) is 1. The number of methoxy groups -OCH3 is 1. The Morgan fingerprint density at radius 1 is 1.06 bits per heavy atom. The molecule has 3 aromatic rings. The Morgan fingerprint density at radius 3 is 2.44 bits per heavy atom. The van der Waals surface area contributed by atoms with Crippen molar-refractivity contribution in [3.05, 3.63) is 60.7 Å². The van der Waals surface area contributed by atoms with Gasteiger partial charge in [0.1, 0.15) is 5.75 Å². The quantitative estimate of drug-likeness (QED) is 0.585. The van der Waals surface area contributed by atoms with Gasteiger partial charge in [-0.05, 0) is 42.7 Å². The fourth-order valence-corrected chi connectivity index (χ4v) is 4.19. The van der Waals surface area contributed by atoms with Gasteiger partial charge in [-0.25, -0.2) is 9.97 Å². The van der Waals surface area contributed by atoms with E-state index in [1.54, 1.807) is 19.5 Å². The van der Waals surface area contributed by atoms with Crippen molar-refractivity contribution < 1.29 is 9.53 Å². The second-order valence-electron chi connectivity index (χ2n) is 9.28. The van der Waals surface area contributed by atoms with Crippen LogP contribution in [0, 0.1) is 5.41 Å². The highest BCUT2D eigenvalue weighted by Gasteiger charge is 2.32. The summed E-state index contributed by atoms with van der Waals surface area (Å²) < 4.78 is 5.44. The molecule has 1 aliphatic rings. The summed E-state index contributed by atoms with van der Waals surface area (Å²) in [5.41, 5.74) is 3.67. The van der Waals surface area contributed by atoms with Gasteiger partial charge in [0.15, 0.2) is 5.82 Å². The minimum atomic E-state index is -0.359. The molecule has 2 aromatic heterocycles. The Labute approximate surface area is 189 Å². The molecule has 0 spiro atoms. The average molecular weight is 431 g/mol. The van der Waals surface area contributed by atoms with Crippen molar-refractivity contribution in [2.24, 2.45) is 5.41 Å². The van der Waals surface area contributed by atoms with E-state index in [1.807, 2.05) is 62.2 Å². The Bertz CT molecular complexity index is 1080. The summed E-state index contributed by atoms with van der Waals surface area (Å²) in [5.74, 6) is 1.97. The molecule has 0 atom stereocenters. The second kappa shape index (κ2) is 9.07. The van der Waals surface area contributed by atoms with Gasteiger partial charge < -0.3 is 9.64 Å². The highest BCUT2D eigenvalue weighted by molar-refractivity contribution is 5.81.